The Morgan fingerprint density at radius 3 is 2.57 bits per heavy atom. The van der Waals surface area contributed by atoms with Gasteiger partial charge in [-0.2, -0.15) is 0 Å². The number of hydrogen-bond acceptors (Lipinski definition) is 5. The fourth-order valence-electron chi connectivity index (χ4n) is 4.95. The van der Waals surface area contributed by atoms with Crippen molar-refractivity contribution in [2.45, 2.75) is 44.9 Å². The molecule has 7 nitrogen and oxygen atoms in total. The number of sulfonamides is 1. The third-order valence-electron chi connectivity index (χ3n) is 6.55. The Balaban J connectivity index is 1.65. The lowest BCUT2D eigenvalue weighted by Crippen LogP contribution is -2.38. The lowest BCUT2D eigenvalue weighted by Gasteiger charge is -2.36. The number of nitro groups is 1. The van der Waals surface area contributed by atoms with Crippen LogP contribution in [-0.4, -0.2) is 43.5 Å². The molecule has 1 saturated heterocycles. The predicted octanol–water partition coefficient (Wildman–Crippen LogP) is 2.73. The molecule has 28 heavy (non-hydrogen) atoms. The van der Waals surface area contributed by atoms with E-state index in [1.807, 2.05) is 6.07 Å². The van der Waals surface area contributed by atoms with Crippen LogP contribution >= 0.6 is 0 Å². The summed E-state index contributed by atoms with van der Waals surface area (Å²) in [6, 6.07) is 5.25. The van der Waals surface area contributed by atoms with Gasteiger partial charge >= 0.3 is 0 Å². The van der Waals surface area contributed by atoms with Crippen molar-refractivity contribution in [3.63, 3.8) is 0 Å². The number of fused-ring (bicyclic) bond motifs is 1. The van der Waals surface area contributed by atoms with E-state index in [4.69, 9.17) is 5.73 Å². The van der Waals surface area contributed by atoms with Crippen LogP contribution in [0.2, 0.25) is 0 Å². The van der Waals surface area contributed by atoms with Gasteiger partial charge in [-0.15, -0.1) is 0 Å². The zero-order chi connectivity index (χ0) is 20.3. The number of aryl methyl sites for hydroxylation is 1. The Labute approximate surface area is 167 Å². The minimum absolute atomic E-state index is 0.169. The molecule has 3 rings (SSSR count). The summed E-state index contributed by atoms with van der Waals surface area (Å²) in [5, 5.41) is 11.1. The summed E-state index contributed by atoms with van der Waals surface area (Å²) in [5.74, 6) is 1.51. The smallest absolute Gasteiger partial charge is 0.269 e. The second kappa shape index (κ2) is 8.88. The molecular formula is C20H31N3O4S. The minimum atomic E-state index is -3.09. The first-order chi connectivity index (χ1) is 13.3. The Bertz CT molecular complexity index is 804. The van der Waals surface area contributed by atoms with Gasteiger partial charge in [-0.25, -0.2) is 12.7 Å². The number of hydrogen-bond donors (Lipinski definition) is 1. The van der Waals surface area contributed by atoms with Crippen molar-refractivity contribution in [3.8, 4) is 0 Å². The summed E-state index contributed by atoms with van der Waals surface area (Å²) in [5.41, 5.74) is 8.41. The van der Waals surface area contributed by atoms with Gasteiger partial charge in [0.1, 0.15) is 0 Å². The Morgan fingerprint density at radius 1 is 1.25 bits per heavy atom. The van der Waals surface area contributed by atoms with Crippen molar-refractivity contribution in [3.05, 3.63) is 39.4 Å². The van der Waals surface area contributed by atoms with E-state index < -0.39 is 10.0 Å². The molecule has 2 atom stereocenters. The number of piperidine rings is 1. The van der Waals surface area contributed by atoms with Crippen molar-refractivity contribution in [2.24, 2.45) is 23.5 Å². The van der Waals surface area contributed by atoms with E-state index in [2.05, 4.69) is 0 Å². The highest BCUT2D eigenvalue weighted by atomic mass is 32.2. The maximum atomic E-state index is 11.7. The van der Waals surface area contributed by atoms with Crippen LogP contribution in [0.5, 0.6) is 0 Å². The van der Waals surface area contributed by atoms with Crippen molar-refractivity contribution in [2.75, 3.05) is 25.9 Å². The van der Waals surface area contributed by atoms with Crippen LogP contribution in [0.4, 0.5) is 5.69 Å². The van der Waals surface area contributed by atoms with Crippen molar-refractivity contribution < 1.29 is 13.3 Å². The van der Waals surface area contributed by atoms with E-state index in [9.17, 15) is 18.5 Å². The summed E-state index contributed by atoms with van der Waals surface area (Å²) >= 11 is 0. The molecule has 0 saturated carbocycles. The van der Waals surface area contributed by atoms with E-state index >= 15 is 0 Å². The van der Waals surface area contributed by atoms with Crippen LogP contribution in [-0.2, 0) is 22.9 Å². The number of nitrogens with zero attached hydrogens (tertiary/aromatic N) is 2. The minimum Gasteiger partial charge on any atom is -0.330 e. The van der Waals surface area contributed by atoms with Crippen LogP contribution in [0.15, 0.2) is 18.2 Å². The summed E-state index contributed by atoms with van der Waals surface area (Å²) in [6.07, 6.45) is 8.06. The Kier molecular flexibility index (Phi) is 6.73. The molecule has 0 bridgehead atoms. The third-order valence-corrected chi connectivity index (χ3v) is 7.85. The Hall–Kier alpha value is -1.51. The van der Waals surface area contributed by atoms with Gasteiger partial charge in [-0.1, -0.05) is 6.07 Å². The van der Waals surface area contributed by atoms with Crippen LogP contribution < -0.4 is 5.73 Å². The quantitative estimate of drug-likeness (QED) is 0.550. The first-order valence-electron chi connectivity index (χ1n) is 10.2. The molecule has 1 heterocycles. The van der Waals surface area contributed by atoms with Gasteiger partial charge in [0.2, 0.25) is 10.0 Å². The summed E-state index contributed by atoms with van der Waals surface area (Å²) in [6.45, 7) is 1.86. The average Bonchev–Trinajstić information content (AvgIpc) is 2.66. The second-order valence-electron chi connectivity index (χ2n) is 8.39. The number of rotatable bonds is 7. The van der Waals surface area contributed by atoms with Gasteiger partial charge in [-0.05, 0) is 80.4 Å². The summed E-state index contributed by atoms with van der Waals surface area (Å²) < 4.78 is 25.0. The van der Waals surface area contributed by atoms with Gasteiger partial charge in [0.15, 0.2) is 0 Å². The molecule has 1 aliphatic heterocycles. The van der Waals surface area contributed by atoms with Crippen molar-refractivity contribution >= 4 is 15.7 Å². The zero-order valence-electron chi connectivity index (χ0n) is 16.5. The molecule has 1 aliphatic carbocycles. The van der Waals surface area contributed by atoms with Crippen LogP contribution in [0.1, 0.15) is 43.2 Å². The average molecular weight is 410 g/mol. The van der Waals surface area contributed by atoms with E-state index in [1.54, 1.807) is 16.4 Å². The normalized spacial score (nSPS) is 22.6. The maximum absolute atomic E-state index is 11.7. The summed E-state index contributed by atoms with van der Waals surface area (Å²) in [7, 11) is -3.09. The highest BCUT2D eigenvalue weighted by Crippen LogP contribution is 2.38. The van der Waals surface area contributed by atoms with Gasteiger partial charge < -0.3 is 5.73 Å². The number of non-ortho nitro benzene ring substituents is 1. The zero-order valence-corrected chi connectivity index (χ0v) is 17.4. The van der Waals surface area contributed by atoms with Crippen LogP contribution in [0.25, 0.3) is 0 Å². The largest absolute Gasteiger partial charge is 0.330 e. The monoisotopic (exact) mass is 409 g/mol. The SMILES string of the molecule is CS(=O)(=O)N1CCC(CC(CCN)C2CCc3ccc([N+](=O)[O-])cc3C2)CC1. The molecule has 1 fully saturated rings. The molecule has 0 aromatic heterocycles. The maximum Gasteiger partial charge on any atom is 0.269 e. The predicted molar refractivity (Wildman–Crippen MR) is 110 cm³/mol. The lowest BCUT2D eigenvalue weighted by molar-refractivity contribution is -0.384. The number of nitrogens with two attached hydrogens (primary N) is 1. The molecule has 0 amide bonds. The molecule has 2 unspecified atom stereocenters. The van der Waals surface area contributed by atoms with E-state index in [-0.39, 0.29) is 10.6 Å². The first-order valence-corrected chi connectivity index (χ1v) is 12.0. The number of nitro benzene ring substituents is 1. The fraction of sp³-hybridized carbons (Fsp3) is 0.700. The van der Waals surface area contributed by atoms with Crippen molar-refractivity contribution in [1.29, 1.82) is 0 Å². The first kappa shape index (κ1) is 21.2. The Morgan fingerprint density at radius 2 is 1.96 bits per heavy atom. The molecule has 8 heteroatoms. The highest BCUT2D eigenvalue weighted by molar-refractivity contribution is 7.88. The molecular weight excluding hydrogens is 378 g/mol. The lowest BCUT2D eigenvalue weighted by atomic mass is 9.72. The fourth-order valence-corrected chi connectivity index (χ4v) is 5.83. The van der Waals surface area contributed by atoms with E-state index in [0.29, 0.717) is 37.4 Å². The summed E-state index contributed by atoms with van der Waals surface area (Å²) in [4.78, 5) is 10.8. The highest BCUT2D eigenvalue weighted by Gasteiger charge is 2.31. The van der Waals surface area contributed by atoms with Gasteiger partial charge in [0.05, 0.1) is 11.2 Å². The standard InChI is InChI=1S/C20H31N3O4S/c1-28(26,27)22-10-7-15(8-11-22)12-18(6-9-21)17-3-2-16-4-5-20(23(24)25)14-19(16)13-17/h4-5,14-15,17-18H,2-3,6-13,21H2,1H3. The van der Waals surface area contributed by atoms with Crippen molar-refractivity contribution in [1.82, 2.24) is 4.31 Å². The third kappa shape index (κ3) is 5.10. The topological polar surface area (TPSA) is 107 Å². The van der Waals surface area contributed by atoms with Crippen LogP contribution in [0.3, 0.4) is 0 Å². The molecule has 1 aromatic rings. The second-order valence-corrected chi connectivity index (χ2v) is 10.4. The van der Waals surface area contributed by atoms with Gasteiger partial charge in [0, 0.05) is 25.2 Å². The van der Waals surface area contributed by atoms with Crippen LogP contribution in [0, 0.1) is 27.9 Å². The number of benzene rings is 1. The molecule has 2 N–H and O–H groups in total. The van der Waals surface area contributed by atoms with Gasteiger partial charge in [-0.3, -0.25) is 10.1 Å². The molecule has 0 spiro atoms. The molecule has 156 valence electrons. The molecule has 1 aromatic carbocycles. The van der Waals surface area contributed by atoms with Gasteiger partial charge in [0.25, 0.3) is 5.69 Å². The molecule has 2 aliphatic rings. The van der Waals surface area contributed by atoms with E-state index in [0.717, 1.165) is 50.5 Å². The molecule has 0 radical (unpaired) electrons. The van der Waals surface area contributed by atoms with E-state index in [1.165, 1.54) is 11.8 Å².